The fourth-order valence-electron chi connectivity index (χ4n) is 2.50. The summed E-state index contributed by atoms with van der Waals surface area (Å²) < 4.78 is 0. The minimum absolute atomic E-state index is 0.0412. The Kier molecular flexibility index (Phi) is 6.95. The molecule has 0 aromatic heterocycles. The average Bonchev–Trinajstić information content (AvgIpc) is 2.46. The topological polar surface area (TPSA) is 86.7 Å². The molecule has 1 aromatic carbocycles. The summed E-state index contributed by atoms with van der Waals surface area (Å²) in [7, 11) is 0. The summed E-state index contributed by atoms with van der Waals surface area (Å²) in [6.07, 6.45) is 0.0388. The van der Waals surface area contributed by atoms with E-state index in [-0.39, 0.29) is 24.7 Å². The van der Waals surface area contributed by atoms with Crippen LogP contribution in [0, 0.1) is 5.41 Å². The largest absolute Gasteiger partial charge is 0.481 e. The lowest BCUT2D eigenvalue weighted by molar-refractivity contribution is -0.139. The molecule has 0 aliphatic carbocycles. The predicted octanol–water partition coefficient (Wildman–Crippen LogP) is 3.00. The first kappa shape index (κ1) is 19.7. The van der Waals surface area contributed by atoms with Crippen molar-refractivity contribution < 1.29 is 19.5 Å². The Bertz CT molecular complexity index is 590. The van der Waals surface area contributed by atoms with Crippen molar-refractivity contribution in [3.63, 3.8) is 0 Å². The molecule has 0 spiro atoms. The summed E-state index contributed by atoms with van der Waals surface area (Å²) in [5.41, 5.74) is 0.541. The number of carbonyl (C=O) groups excluding carboxylic acids is 2. The summed E-state index contributed by atoms with van der Waals surface area (Å²) in [5.74, 6) is -1.21. The lowest BCUT2D eigenvalue weighted by Crippen LogP contribution is -2.30. The molecule has 0 unspecified atom stereocenters. The first-order valence-electron chi connectivity index (χ1n) is 8.09. The number of anilines is 1. The first-order valence-corrected chi connectivity index (χ1v) is 8.09. The number of hydrogen-bond donors (Lipinski definition) is 2. The monoisotopic (exact) mass is 334 g/mol. The Morgan fingerprint density at radius 2 is 1.58 bits per heavy atom. The number of amides is 2. The molecule has 132 valence electrons. The van der Waals surface area contributed by atoms with Gasteiger partial charge in [0.15, 0.2) is 0 Å². The smallest absolute Gasteiger partial charge is 0.303 e. The molecule has 0 fully saturated rings. The van der Waals surface area contributed by atoms with E-state index in [1.54, 1.807) is 43.0 Å². The van der Waals surface area contributed by atoms with E-state index >= 15 is 0 Å². The van der Waals surface area contributed by atoms with Crippen LogP contribution in [0.15, 0.2) is 24.3 Å². The van der Waals surface area contributed by atoms with Gasteiger partial charge in [0.25, 0.3) is 5.91 Å². The van der Waals surface area contributed by atoms with Crippen LogP contribution in [0.3, 0.4) is 0 Å². The third-order valence-electron chi connectivity index (χ3n) is 3.74. The highest BCUT2D eigenvalue weighted by molar-refractivity contribution is 5.96. The fourth-order valence-corrected chi connectivity index (χ4v) is 2.50. The van der Waals surface area contributed by atoms with E-state index in [1.165, 1.54) is 0 Å². The average molecular weight is 334 g/mol. The third-order valence-corrected chi connectivity index (χ3v) is 3.74. The second-order valence-corrected chi connectivity index (χ2v) is 6.51. The zero-order valence-corrected chi connectivity index (χ0v) is 14.8. The van der Waals surface area contributed by atoms with Crippen molar-refractivity contribution >= 4 is 23.5 Å². The minimum atomic E-state index is -0.924. The Labute approximate surface area is 142 Å². The van der Waals surface area contributed by atoms with Crippen molar-refractivity contribution in [2.45, 2.75) is 40.5 Å². The fraction of sp³-hybridized carbons (Fsp3) is 0.500. The van der Waals surface area contributed by atoms with Gasteiger partial charge in [0, 0.05) is 30.8 Å². The van der Waals surface area contributed by atoms with E-state index in [2.05, 4.69) is 5.32 Å². The number of rotatable bonds is 8. The van der Waals surface area contributed by atoms with E-state index in [0.29, 0.717) is 24.3 Å². The summed E-state index contributed by atoms with van der Waals surface area (Å²) >= 11 is 0. The molecule has 0 atom stereocenters. The Hall–Kier alpha value is -2.37. The molecule has 6 nitrogen and oxygen atoms in total. The van der Waals surface area contributed by atoms with Crippen LogP contribution in [-0.2, 0) is 9.59 Å². The highest BCUT2D eigenvalue weighted by atomic mass is 16.4. The number of nitrogens with zero attached hydrogens (tertiary/aromatic N) is 1. The maximum absolute atomic E-state index is 12.2. The first-order chi connectivity index (χ1) is 11.2. The molecule has 0 aliphatic rings. The Balaban J connectivity index is 2.68. The highest BCUT2D eigenvalue weighted by Gasteiger charge is 2.25. The van der Waals surface area contributed by atoms with Gasteiger partial charge in [0.05, 0.1) is 6.42 Å². The molecule has 0 bridgehead atoms. The maximum atomic E-state index is 12.2. The van der Waals surface area contributed by atoms with Gasteiger partial charge < -0.3 is 15.3 Å². The van der Waals surface area contributed by atoms with Gasteiger partial charge in [0.2, 0.25) is 5.91 Å². The molecule has 2 N–H and O–H groups in total. The van der Waals surface area contributed by atoms with Crippen LogP contribution in [-0.4, -0.2) is 40.9 Å². The van der Waals surface area contributed by atoms with E-state index in [1.807, 2.05) is 13.8 Å². The number of nitrogens with one attached hydrogen (secondary N) is 1. The van der Waals surface area contributed by atoms with Gasteiger partial charge in [-0.25, -0.2) is 0 Å². The van der Waals surface area contributed by atoms with Crippen LogP contribution in [0.4, 0.5) is 5.69 Å². The second-order valence-electron chi connectivity index (χ2n) is 6.51. The molecule has 6 heteroatoms. The second kappa shape index (κ2) is 8.47. The Morgan fingerprint density at radius 1 is 1.04 bits per heavy atom. The third kappa shape index (κ3) is 6.02. The number of hydrogen-bond acceptors (Lipinski definition) is 3. The SMILES string of the molecule is CCN(CC)C(=O)c1ccc(NC(=O)CC(C)(C)CC(=O)O)cc1. The summed E-state index contributed by atoms with van der Waals surface area (Å²) in [6.45, 7) is 8.63. The van der Waals surface area contributed by atoms with Gasteiger partial charge in [0.1, 0.15) is 0 Å². The van der Waals surface area contributed by atoms with Crippen LogP contribution < -0.4 is 5.32 Å². The van der Waals surface area contributed by atoms with Crippen molar-refractivity contribution in [3.05, 3.63) is 29.8 Å². The van der Waals surface area contributed by atoms with Crippen LogP contribution >= 0.6 is 0 Å². The lowest BCUT2D eigenvalue weighted by Gasteiger charge is -2.21. The van der Waals surface area contributed by atoms with Crippen LogP contribution in [0.25, 0.3) is 0 Å². The van der Waals surface area contributed by atoms with Crippen molar-refractivity contribution in [1.82, 2.24) is 4.90 Å². The van der Waals surface area contributed by atoms with Gasteiger partial charge in [-0.2, -0.15) is 0 Å². The van der Waals surface area contributed by atoms with Gasteiger partial charge in [-0.1, -0.05) is 13.8 Å². The predicted molar refractivity (Wildman–Crippen MR) is 93.0 cm³/mol. The number of benzene rings is 1. The molecule has 0 radical (unpaired) electrons. The van der Waals surface area contributed by atoms with Crippen LogP contribution in [0.5, 0.6) is 0 Å². The number of carboxylic acid groups (broad SMARTS) is 1. The molecule has 24 heavy (non-hydrogen) atoms. The zero-order chi connectivity index (χ0) is 18.3. The molecule has 0 saturated heterocycles. The van der Waals surface area contributed by atoms with Gasteiger partial charge in [-0.15, -0.1) is 0 Å². The lowest BCUT2D eigenvalue weighted by atomic mass is 9.85. The summed E-state index contributed by atoms with van der Waals surface area (Å²) in [5, 5.41) is 11.6. The summed E-state index contributed by atoms with van der Waals surface area (Å²) in [4.78, 5) is 36.8. The quantitative estimate of drug-likeness (QED) is 0.765. The summed E-state index contributed by atoms with van der Waals surface area (Å²) in [6, 6.07) is 6.72. The number of aliphatic carboxylic acids is 1. The Morgan fingerprint density at radius 3 is 2.04 bits per heavy atom. The molecule has 2 amide bonds. The molecule has 1 aromatic rings. The normalized spacial score (nSPS) is 11.0. The molecule has 0 saturated carbocycles. The zero-order valence-electron chi connectivity index (χ0n) is 14.8. The van der Waals surface area contributed by atoms with Crippen molar-refractivity contribution in [1.29, 1.82) is 0 Å². The van der Waals surface area contributed by atoms with Gasteiger partial charge >= 0.3 is 5.97 Å². The van der Waals surface area contributed by atoms with Crippen molar-refractivity contribution in [2.75, 3.05) is 18.4 Å². The van der Waals surface area contributed by atoms with Gasteiger partial charge in [-0.05, 0) is 43.5 Å². The molecular formula is C18H26N2O4. The van der Waals surface area contributed by atoms with Crippen molar-refractivity contribution in [2.24, 2.45) is 5.41 Å². The van der Waals surface area contributed by atoms with E-state index in [0.717, 1.165) is 0 Å². The number of carboxylic acids is 1. The molecule has 1 rings (SSSR count). The standard InChI is InChI=1S/C18H26N2O4/c1-5-20(6-2)17(24)13-7-9-14(10-8-13)19-15(21)11-18(3,4)12-16(22)23/h7-10H,5-6,11-12H2,1-4H3,(H,19,21)(H,22,23). The maximum Gasteiger partial charge on any atom is 0.303 e. The highest BCUT2D eigenvalue weighted by Crippen LogP contribution is 2.25. The van der Waals surface area contributed by atoms with Gasteiger partial charge in [-0.3, -0.25) is 14.4 Å². The van der Waals surface area contributed by atoms with E-state index in [9.17, 15) is 14.4 Å². The minimum Gasteiger partial charge on any atom is -0.481 e. The molecule has 0 heterocycles. The number of carbonyl (C=O) groups is 3. The van der Waals surface area contributed by atoms with Crippen LogP contribution in [0.2, 0.25) is 0 Å². The molecule has 0 aliphatic heterocycles. The van der Waals surface area contributed by atoms with E-state index in [4.69, 9.17) is 5.11 Å². The van der Waals surface area contributed by atoms with E-state index < -0.39 is 11.4 Å². The molecular weight excluding hydrogens is 308 g/mol. The van der Waals surface area contributed by atoms with Crippen molar-refractivity contribution in [3.8, 4) is 0 Å². The van der Waals surface area contributed by atoms with Crippen LogP contribution in [0.1, 0.15) is 50.9 Å².